The van der Waals surface area contributed by atoms with Gasteiger partial charge in [0.15, 0.2) is 5.96 Å². The zero-order valence-corrected chi connectivity index (χ0v) is 19.6. The number of benzene rings is 1. The van der Waals surface area contributed by atoms with Gasteiger partial charge in [-0.3, -0.25) is 9.88 Å². The zero-order valence-electron chi connectivity index (χ0n) is 17.3. The van der Waals surface area contributed by atoms with Gasteiger partial charge in [0, 0.05) is 32.4 Å². The number of aliphatic imine (C=N–C) groups is 1. The maximum Gasteiger partial charge on any atom is 0.191 e. The van der Waals surface area contributed by atoms with Gasteiger partial charge in [-0.15, -0.1) is 24.0 Å². The van der Waals surface area contributed by atoms with Crippen molar-refractivity contribution in [1.82, 2.24) is 20.5 Å². The van der Waals surface area contributed by atoms with E-state index in [0.717, 1.165) is 51.0 Å². The Kier molecular flexibility index (Phi) is 10.4. The highest BCUT2D eigenvalue weighted by Gasteiger charge is 2.23. The second-order valence-corrected chi connectivity index (χ2v) is 6.98. The summed E-state index contributed by atoms with van der Waals surface area (Å²) in [7, 11) is 0. The number of aryl methyl sites for hydroxylation is 1. The highest BCUT2D eigenvalue weighted by molar-refractivity contribution is 14.0. The molecule has 2 N–H and O–H groups in total. The molecule has 1 fully saturated rings. The molecule has 1 aliphatic heterocycles. The van der Waals surface area contributed by atoms with Crippen molar-refractivity contribution in [2.45, 2.75) is 26.4 Å². The lowest BCUT2D eigenvalue weighted by Crippen LogP contribution is -2.46. The molecular formula is C22H32IN5O. The molecular weight excluding hydrogens is 477 g/mol. The first-order chi connectivity index (χ1) is 13.8. The van der Waals surface area contributed by atoms with E-state index in [4.69, 9.17) is 9.73 Å². The molecule has 2 heterocycles. The number of halogens is 1. The quantitative estimate of drug-likeness (QED) is 0.341. The summed E-state index contributed by atoms with van der Waals surface area (Å²) < 4.78 is 5.56. The van der Waals surface area contributed by atoms with Gasteiger partial charge in [-0.25, -0.2) is 4.99 Å². The Hall–Kier alpha value is -1.71. The zero-order chi connectivity index (χ0) is 19.6. The number of aromatic nitrogens is 1. The molecule has 1 saturated heterocycles. The summed E-state index contributed by atoms with van der Waals surface area (Å²) in [6.07, 6.45) is 1.80. The van der Waals surface area contributed by atoms with Crippen LogP contribution in [0.1, 0.15) is 29.8 Å². The SMILES string of the molecule is CCNC(=NCc1ccccn1)NCC(c1cccc(C)c1)N1CCOCC1.I. The number of hydrogen-bond acceptors (Lipinski definition) is 4. The largest absolute Gasteiger partial charge is 0.379 e. The van der Waals surface area contributed by atoms with Crippen molar-refractivity contribution in [3.63, 3.8) is 0 Å². The third-order valence-electron chi connectivity index (χ3n) is 4.85. The van der Waals surface area contributed by atoms with Crippen molar-refractivity contribution in [3.8, 4) is 0 Å². The van der Waals surface area contributed by atoms with Crippen LogP contribution in [0.5, 0.6) is 0 Å². The highest BCUT2D eigenvalue weighted by atomic mass is 127. The number of guanidine groups is 1. The molecule has 0 amide bonds. The van der Waals surface area contributed by atoms with E-state index < -0.39 is 0 Å². The lowest BCUT2D eigenvalue weighted by atomic mass is 10.0. The third kappa shape index (κ3) is 7.56. The van der Waals surface area contributed by atoms with E-state index in [2.05, 4.69) is 58.6 Å². The van der Waals surface area contributed by atoms with E-state index >= 15 is 0 Å². The minimum Gasteiger partial charge on any atom is -0.379 e. The third-order valence-corrected chi connectivity index (χ3v) is 4.85. The Morgan fingerprint density at radius 2 is 2.00 bits per heavy atom. The van der Waals surface area contributed by atoms with Crippen LogP contribution in [0.25, 0.3) is 0 Å². The van der Waals surface area contributed by atoms with Crippen LogP contribution in [-0.4, -0.2) is 55.2 Å². The second-order valence-electron chi connectivity index (χ2n) is 6.98. The van der Waals surface area contributed by atoms with Gasteiger partial charge in [-0.2, -0.15) is 0 Å². The van der Waals surface area contributed by atoms with Gasteiger partial charge < -0.3 is 15.4 Å². The molecule has 1 aromatic carbocycles. The number of ether oxygens (including phenoxy) is 1. The number of nitrogens with zero attached hydrogens (tertiary/aromatic N) is 3. The summed E-state index contributed by atoms with van der Waals surface area (Å²) in [6.45, 7) is 9.86. The number of hydrogen-bond donors (Lipinski definition) is 2. The first kappa shape index (κ1) is 23.6. The van der Waals surface area contributed by atoms with Gasteiger partial charge in [-0.05, 0) is 31.5 Å². The van der Waals surface area contributed by atoms with Crippen molar-refractivity contribution in [3.05, 3.63) is 65.5 Å². The van der Waals surface area contributed by atoms with Gasteiger partial charge in [0.2, 0.25) is 0 Å². The first-order valence-electron chi connectivity index (χ1n) is 10.1. The first-order valence-corrected chi connectivity index (χ1v) is 10.1. The summed E-state index contributed by atoms with van der Waals surface area (Å²) in [5.41, 5.74) is 3.57. The van der Waals surface area contributed by atoms with Gasteiger partial charge in [0.25, 0.3) is 0 Å². The van der Waals surface area contributed by atoms with E-state index in [-0.39, 0.29) is 30.0 Å². The predicted molar refractivity (Wildman–Crippen MR) is 129 cm³/mol. The number of pyridine rings is 1. The van der Waals surface area contributed by atoms with Crippen molar-refractivity contribution in [2.75, 3.05) is 39.4 Å². The second kappa shape index (κ2) is 12.8. The van der Waals surface area contributed by atoms with Crippen LogP contribution >= 0.6 is 24.0 Å². The fourth-order valence-corrected chi connectivity index (χ4v) is 3.41. The molecule has 3 rings (SSSR count). The normalized spacial score (nSPS) is 16.0. The summed E-state index contributed by atoms with van der Waals surface area (Å²) in [5.74, 6) is 0.819. The average molecular weight is 509 g/mol. The smallest absolute Gasteiger partial charge is 0.191 e. The minimum atomic E-state index is 0. The summed E-state index contributed by atoms with van der Waals surface area (Å²) in [5, 5.41) is 6.88. The van der Waals surface area contributed by atoms with Crippen LogP contribution in [0.15, 0.2) is 53.7 Å². The van der Waals surface area contributed by atoms with Gasteiger partial charge in [0.05, 0.1) is 31.5 Å². The topological polar surface area (TPSA) is 61.8 Å². The Labute approximate surface area is 191 Å². The summed E-state index contributed by atoms with van der Waals surface area (Å²) in [4.78, 5) is 11.5. The van der Waals surface area contributed by atoms with Crippen LogP contribution in [0.2, 0.25) is 0 Å². The minimum absolute atomic E-state index is 0. The van der Waals surface area contributed by atoms with Crippen molar-refractivity contribution >= 4 is 29.9 Å². The lowest BCUT2D eigenvalue weighted by molar-refractivity contribution is 0.0170. The van der Waals surface area contributed by atoms with Gasteiger partial charge in [0.1, 0.15) is 0 Å². The Morgan fingerprint density at radius 3 is 2.69 bits per heavy atom. The number of nitrogens with one attached hydrogen (secondary N) is 2. The predicted octanol–water partition coefficient (Wildman–Crippen LogP) is 3.14. The molecule has 0 saturated carbocycles. The van der Waals surface area contributed by atoms with Crippen LogP contribution < -0.4 is 10.6 Å². The molecule has 0 radical (unpaired) electrons. The maximum atomic E-state index is 5.56. The van der Waals surface area contributed by atoms with E-state index in [1.165, 1.54) is 11.1 Å². The Bertz CT molecular complexity index is 750. The van der Waals surface area contributed by atoms with Crippen LogP contribution in [0.3, 0.4) is 0 Å². The highest BCUT2D eigenvalue weighted by Crippen LogP contribution is 2.22. The van der Waals surface area contributed by atoms with E-state index in [9.17, 15) is 0 Å². The average Bonchev–Trinajstić information content (AvgIpc) is 2.74. The molecule has 0 aliphatic carbocycles. The van der Waals surface area contributed by atoms with Crippen molar-refractivity contribution < 1.29 is 4.74 Å². The lowest BCUT2D eigenvalue weighted by Gasteiger charge is -2.35. The molecule has 0 spiro atoms. The standard InChI is InChI=1S/C22H31N5O.HI/c1-3-23-22(25-16-20-9-4-5-10-24-20)26-17-21(27-11-13-28-14-12-27)19-8-6-7-18(2)15-19;/h4-10,15,21H,3,11-14,16-17H2,1-2H3,(H2,23,25,26);1H. The molecule has 1 atom stereocenters. The Balaban J connectivity index is 0.00000300. The molecule has 7 heteroatoms. The number of morpholine rings is 1. The van der Waals surface area contributed by atoms with Crippen LogP contribution in [0.4, 0.5) is 0 Å². The van der Waals surface area contributed by atoms with E-state index in [0.29, 0.717) is 6.54 Å². The Morgan fingerprint density at radius 1 is 1.17 bits per heavy atom. The molecule has 2 aromatic rings. The molecule has 29 heavy (non-hydrogen) atoms. The van der Waals surface area contributed by atoms with E-state index in [1.807, 2.05) is 18.2 Å². The molecule has 1 aliphatic rings. The molecule has 1 unspecified atom stereocenters. The fourth-order valence-electron chi connectivity index (χ4n) is 3.41. The molecule has 158 valence electrons. The number of rotatable bonds is 7. The van der Waals surface area contributed by atoms with E-state index in [1.54, 1.807) is 6.20 Å². The van der Waals surface area contributed by atoms with Gasteiger partial charge >= 0.3 is 0 Å². The molecule has 0 bridgehead atoms. The fraction of sp³-hybridized carbons (Fsp3) is 0.455. The summed E-state index contributed by atoms with van der Waals surface area (Å²) >= 11 is 0. The van der Waals surface area contributed by atoms with Crippen molar-refractivity contribution in [1.29, 1.82) is 0 Å². The molecule has 1 aromatic heterocycles. The van der Waals surface area contributed by atoms with Crippen LogP contribution in [0, 0.1) is 6.92 Å². The summed E-state index contributed by atoms with van der Waals surface area (Å²) in [6, 6.07) is 15.0. The molecule has 6 nitrogen and oxygen atoms in total. The monoisotopic (exact) mass is 509 g/mol. The van der Waals surface area contributed by atoms with Gasteiger partial charge in [-0.1, -0.05) is 35.9 Å². The van der Waals surface area contributed by atoms with Crippen molar-refractivity contribution in [2.24, 2.45) is 4.99 Å². The maximum absolute atomic E-state index is 5.56. The van der Waals surface area contributed by atoms with Crippen LogP contribution in [-0.2, 0) is 11.3 Å².